The Morgan fingerprint density at radius 1 is 1.60 bits per heavy atom. The molecule has 0 aliphatic carbocycles. The number of fused-ring (bicyclic) bond motifs is 1. The van der Waals surface area contributed by atoms with Crippen LogP contribution in [0.5, 0.6) is 5.75 Å². The van der Waals surface area contributed by atoms with Crippen LogP contribution in [0.2, 0.25) is 0 Å². The molecule has 1 aromatic rings. The molecule has 0 aromatic heterocycles. The van der Waals surface area contributed by atoms with Gasteiger partial charge in [0.05, 0.1) is 12.7 Å². The molecule has 1 aromatic carbocycles. The van der Waals surface area contributed by atoms with E-state index in [1.807, 2.05) is 12.1 Å². The number of benzene rings is 1. The molecule has 1 heterocycles. The molecule has 1 unspecified atom stereocenters. The standard InChI is InChI=1S/C11H13NO3/c1-14-8-3-2-7-4-9(6-12)15-11(13)10(7)5-8/h2-3,5,9H,4,6,12H2,1H3. The molecule has 0 fully saturated rings. The van der Waals surface area contributed by atoms with Crippen molar-refractivity contribution >= 4 is 5.97 Å². The van der Waals surface area contributed by atoms with Crippen LogP contribution in [-0.2, 0) is 11.2 Å². The summed E-state index contributed by atoms with van der Waals surface area (Å²) in [6, 6.07) is 5.42. The van der Waals surface area contributed by atoms with Gasteiger partial charge < -0.3 is 15.2 Å². The third-order valence-corrected chi connectivity index (χ3v) is 2.52. The maximum Gasteiger partial charge on any atom is 0.338 e. The predicted octanol–water partition coefficient (Wildman–Crippen LogP) is 0.735. The van der Waals surface area contributed by atoms with Crippen molar-refractivity contribution in [2.45, 2.75) is 12.5 Å². The zero-order valence-corrected chi connectivity index (χ0v) is 8.53. The topological polar surface area (TPSA) is 61.5 Å². The van der Waals surface area contributed by atoms with E-state index in [4.69, 9.17) is 15.2 Å². The molecule has 0 saturated carbocycles. The summed E-state index contributed by atoms with van der Waals surface area (Å²) in [7, 11) is 1.57. The number of carbonyl (C=O) groups is 1. The number of methoxy groups -OCH3 is 1. The predicted molar refractivity (Wildman–Crippen MR) is 55.0 cm³/mol. The van der Waals surface area contributed by atoms with Gasteiger partial charge in [-0.25, -0.2) is 4.79 Å². The monoisotopic (exact) mass is 207 g/mol. The average molecular weight is 207 g/mol. The normalized spacial score (nSPS) is 19.3. The first-order chi connectivity index (χ1) is 7.24. The first-order valence-corrected chi connectivity index (χ1v) is 4.82. The molecule has 1 aliphatic rings. The van der Waals surface area contributed by atoms with Gasteiger partial charge >= 0.3 is 5.97 Å². The van der Waals surface area contributed by atoms with Gasteiger partial charge in [-0.05, 0) is 17.7 Å². The van der Waals surface area contributed by atoms with E-state index in [0.717, 1.165) is 5.56 Å². The molecule has 0 radical (unpaired) electrons. The third kappa shape index (κ3) is 1.80. The number of rotatable bonds is 2. The van der Waals surface area contributed by atoms with Gasteiger partial charge in [0.1, 0.15) is 11.9 Å². The molecule has 15 heavy (non-hydrogen) atoms. The molecule has 4 nitrogen and oxygen atoms in total. The minimum Gasteiger partial charge on any atom is -0.497 e. The highest BCUT2D eigenvalue weighted by Crippen LogP contribution is 2.24. The van der Waals surface area contributed by atoms with Crippen molar-refractivity contribution < 1.29 is 14.3 Å². The van der Waals surface area contributed by atoms with Crippen LogP contribution in [0.15, 0.2) is 18.2 Å². The Morgan fingerprint density at radius 3 is 3.07 bits per heavy atom. The fourth-order valence-corrected chi connectivity index (χ4v) is 1.68. The summed E-state index contributed by atoms with van der Waals surface area (Å²) in [5.41, 5.74) is 7.03. The lowest BCUT2D eigenvalue weighted by Gasteiger charge is -2.23. The maximum absolute atomic E-state index is 11.6. The van der Waals surface area contributed by atoms with Crippen molar-refractivity contribution in [3.05, 3.63) is 29.3 Å². The average Bonchev–Trinajstić information content (AvgIpc) is 2.28. The van der Waals surface area contributed by atoms with Gasteiger partial charge in [0.15, 0.2) is 0 Å². The van der Waals surface area contributed by atoms with Crippen LogP contribution in [0.4, 0.5) is 0 Å². The summed E-state index contributed by atoms with van der Waals surface area (Å²) >= 11 is 0. The maximum atomic E-state index is 11.6. The van der Waals surface area contributed by atoms with Crippen molar-refractivity contribution in [3.8, 4) is 5.75 Å². The molecular formula is C11H13NO3. The quantitative estimate of drug-likeness (QED) is 0.726. The molecule has 2 N–H and O–H groups in total. The molecule has 0 amide bonds. The Kier molecular flexibility index (Phi) is 2.60. The van der Waals surface area contributed by atoms with E-state index in [0.29, 0.717) is 24.3 Å². The Labute approximate surface area is 88.0 Å². The molecule has 80 valence electrons. The van der Waals surface area contributed by atoms with Gasteiger partial charge in [0.25, 0.3) is 0 Å². The second-order valence-electron chi connectivity index (χ2n) is 3.49. The number of esters is 1. The first kappa shape index (κ1) is 9.98. The van der Waals surface area contributed by atoms with E-state index >= 15 is 0 Å². The molecule has 0 saturated heterocycles. The lowest BCUT2D eigenvalue weighted by Crippen LogP contribution is -2.33. The first-order valence-electron chi connectivity index (χ1n) is 4.82. The van der Waals surface area contributed by atoms with Crippen molar-refractivity contribution in [1.29, 1.82) is 0 Å². The van der Waals surface area contributed by atoms with Crippen molar-refractivity contribution in [1.82, 2.24) is 0 Å². The molecule has 0 bridgehead atoms. The largest absolute Gasteiger partial charge is 0.497 e. The minimum atomic E-state index is -0.314. The number of hydrogen-bond donors (Lipinski definition) is 1. The van der Waals surface area contributed by atoms with Crippen LogP contribution in [0.25, 0.3) is 0 Å². The van der Waals surface area contributed by atoms with Gasteiger partial charge in [0.2, 0.25) is 0 Å². The SMILES string of the molecule is COc1ccc2c(c1)C(=O)OC(CN)C2. The van der Waals surface area contributed by atoms with E-state index in [9.17, 15) is 4.79 Å². The highest BCUT2D eigenvalue weighted by atomic mass is 16.5. The summed E-state index contributed by atoms with van der Waals surface area (Å²) in [5.74, 6) is 0.350. The second-order valence-corrected chi connectivity index (χ2v) is 3.49. The lowest BCUT2D eigenvalue weighted by molar-refractivity contribution is 0.0278. The van der Waals surface area contributed by atoms with Gasteiger partial charge in [-0.1, -0.05) is 6.07 Å². The smallest absolute Gasteiger partial charge is 0.338 e. The van der Waals surface area contributed by atoms with Gasteiger partial charge in [-0.3, -0.25) is 0 Å². The zero-order chi connectivity index (χ0) is 10.8. The summed E-state index contributed by atoms with van der Waals surface area (Å²) in [6.45, 7) is 0.358. The van der Waals surface area contributed by atoms with Gasteiger partial charge in [0, 0.05) is 13.0 Å². The van der Waals surface area contributed by atoms with Crippen molar-refractivity contribution in [2.24, 2.45) is 5.73 Å². The molecule has 2 rings (SSSR count). The summed E-state index contributed by atoms with van der Waals surface area (Å²) in [5, 5.41) is 0. The van der Waals surface area contributed by atoms with E-state index < -0.39 is 0 Å². The fraction of sp³-hybridized carbons (Fsp3) is 0.364. The highest BCUT2D eigenvalue weighted by molar-refractivity contribution is 5.92. The lowest BCUT2D eigenvalue weighted by atomic mass is 9.98. The third-order valence-electron chi connectivity index (χ3n) is 2.52. The Bertz CT molecular complexity index is 389. The number of nitrogens with two attached hydrogens (primary N) is 1. The summed E-state index contributed by atoms with van der Waals surface area (Å²) in [6.07, 6.45) is 0.486. The van der Waals surface area contributed by atoms with Crippen LogP contribution in [0, 0.1) is 0 Å². The molecule has 4 heteroatoms. The van der Waals surface area contributed by atoms with Crippen LogP contribution < -0.4 is 10.5 Å². The van der Waals surface area contributed by atoms with Crippen LogP contribution in [0.3, 0.4) is 0 Å². The van der Waals surface area contributed by atoms with E-state index in [1.165, 1.54) is 0 Å². The van der Waals surface area contributed by atoms with Crippen LogP contribution in [0.1, 0.15) is 15.9 Å². The number of cyclic esters (lactones) is 1. The van der Waals surface area contributed by atoms with E-state index in [-0.39, 0.29) is 12.1 Å². The van der Waals surface area contributed by atoms with Crippen LogP contribution in [-0.4, -0.2) is 25.7 Å². The number of ether oxygens (including phenoxy) is 2. The molecule has 1 aliphatic heterocycles. The molecule has 1 atom stereocenters. The number of carbonyl (C=O) groups excluding carboxylic acids is 1. The second kappa shape index (κ2) is 3.90. The fourth-order valence-electron chi connectivity index (χ4n) is 1.68. The van der Waals surface area contributed by atoms with E-state index in [1.54, 1.807) is 13.2 Å². The zero-order valence-electron chi connectivity index (χ0n) is 8.53. The minimum absolute atomic E-state index is 0.196. The Morgan fingerprint density at radius 2 is 2.40 bits per heavy atom. The summed E-state index contributed by atoms with van der Waals surface area (Å²) in [4.78, 5) is 11.6. The Balaban J connectivity index is 2.37. The highest BCUT2D eigenvalue weighted by Gasteiger charge is 2.25. The van der Waals surface area contributed by atoms with Gasteiger partial charge in [-0.2, -0.15) is 0 Å². The van der Waals surface area contributed by atoms with Crippen molar-refractivity contribution in [2.75, 3.05) is 13.7 Å². The van der Waals surface area contributed by atoms with E-state index in [2.05, 4.69) is 0 Å². The van der Waals surface area contributed by atoms with Crippen LogP contribution >= 0.6 is 0 Å². The van der Waals surface area contributed by atoms with Crippen molar-refractivity contribution in [3.63, 3.8) is 0 Å². The number of hydrogen-bond acceptors (Lipinski definition) is 4. The molecule has 0 spiro atoms. The van der Waals surface area contributed by atoms with Gasteiger partial charge in [-0.15, -0.1) is 0 Å². The molecular weight excluding hydrogens is 194 g/mol. The summed E-state index contributed by atoms with van der Waals surface area (Å²) < 4.78 is 10.2. The Hall–Kier alpha value is -1.55.